The summed E-state index contributed by atoms with van der Waals surface area (Å²) < 4.78 is 32.4. The number of benzene rings is 2. The Morgan fingerprint density at radius 3 is 2.39 bits per heavy atom. The van der Waals surface area contributed by atoms with Crippen molar-refractivity contribution in [2.24, 2.45) is 0 Å². The zero-order valence-electron chi connectivity index (χ0n) is 16.1. The van der Waals surface area contributed by atoms with E-state index >= 15 is 0 Å². The number of anilines is 1. The second kappa shape index (κ2) is 9.48. The number of carbonyl (C=O) groups excluding carboxylic acids is 2. The molecule has 0 fully saturated rings. The molecule has 0 spiro atoms. The van der Waals surface area contributed by atoms with Crippen molar-refractivity contribution in [1.82, 2.24) is 4.72 Å². The second-order valence-corrected chi connectivity index (χ2v) is 8.09. The highest BCUT2D eigenvalue weighted by Crippen LogP contribution is 2.17. The smallest absolute Gasteiger partial charge is 0.262 e. The Labute approximate surface area is 165 Å². The van der Waals surface area contributed by atoms with Gasteiger partial charge in [0.25, 0.3) is 5.91 Å². The number of carbonyl (C=O) groups is 2. The first kappa shape index (κ1) is 21.6. The zero-order valence-corrected chi connectivity index (χ0v) is 16.9. The third-order valence-corrected chi connectivity index (χ3v) is 5.63. The molecule has 0 radical (unpaired) electrons. The van der Waals surface area contributed by atoms with Crippen molar-refractivity contribution in [2.45, 2.75) is 38.1 Å². The largest absolute Gasteiger partial charge is 0.484 e. The quantitative estimate of drug-likeness (QED) is 0.626. The highest BCUT2D eigenvalue weighted by atomic mass is 32.2. The summed E-state index contributed by atoms with van der Waals surface area (Å²) in [7, 11) is -3.58. The molecule has 7 nitrogen and oxygen atoms in total. The van der Waals surface area contributed by atoms with Crippen LogP contribution in [0.3, 0.4) is 0 Å². The van der Waals surface area contributed by atoms with Crippen molar-refractivity contribution in [2.75, 3.05) is 11.9 Å². The van der Waals surface area contributed by atoms with Crippen LogP contribution in [0, 0.1) is 0 Å². The minimum Gasteiger partial charge on any atom is -0.484 e. The van der Waals surface area contributed by atoms with Gasteiger partial charge in [-0.3, -0.25) is 9.59 Å². The maximum atomic E-state index is 12.2. The summed E-state index contributed by atoms with van der Waals surface area (Å²) in [6.45, 7) is 4.89. The molecular formula is C20H24N2O5S. The molecule has 2 N–H and O–H groups in total. The van der Waals surface area contributed by atoms with Gasteiger partial charge < -0.3 is 10.1 Å². The lowest BCUT2D eigenvalue weighted by Crippen LogP contribution is -2.31. The molecule has 2 aromatic rings. The van der Waals surface area contributed by atoms with E-state index in [4.69, 9.17) is 4.74 Å². The number of sulfonamides is 1. The lowest BCUT2D eigenvalue weighted by Gasteiger charge is -2.12. The number of hydrogen-bond donors (Lipinski definition) is 2. The molecule has 0 unspecified atom stereocenters. The van der Waals surface area contributed by atoms with Gasteiger partial charge >= 0.3 is 0 Å². The van der Waals surface area contributed by atoms with E-state index < -0.39 is 15.9 Å². The summed E-state index contributed by atoms with van der Waals surface area (Å²) in [4.78, 5) is 23.5. The van der Waals surface area contributed by atoms with E-state index in [1.807, 2.05) is 6.92 Å². The fourth-order valence-corrected chi connectivity index (χ4v) is 3.62. The number of hydrogen-bond acceptors (Lipinski definition) is 5. The Morgan fingerprint density at radius 2 is 1.79 bits per heavy atom. The number of ether oxygens (including phenoxy) is 1. The Balaban J connectivity index is 1.93. The topological polar surface area (TPSA) is 102 Å². The SMILES string of the molecule is CC[C@@H](C)NS(=O)(=O)c1ccc(OCC(=O)Nc2cccc(C(C)=O)c2)cc1. The summed E-state index contributed by atoms with van der Waals surface area (Å²) in [6.07, 6.45) is 0.685. The van der Waals surface area contributed by atoms with Crippen LogP contribution in [0.15, 0.2) is 53.4 Å². The van der Waals surface area contributed by atoms with Gasteiger partial charge in [0, 0.05) is 17.3 Å². The van der Waals surface area contributed by atoms with Gasteiger partial charge in [0.1, 0.15) is 5.75 Å². The molecule has 0 aromatic heterocycles. The fraction of sp³-hybridized carbons (Fsp3) is 0.300. The Kier molecular flexibility index (Phi) is 7.31. The first-order valence-electron chi connectivity index (χ1n) is 8.87. The molecule has 0 aliphatic carbocycles. The molecule has 150 valence electrons. The van der Waals surface area contributed by atoms with E-state index in [0.29, 0.717) is 23.4 Å². The molecule has 0 saturated carbocycles. The lowest BCUT2D eigenvalue weighted by atomic mass is 10.1. The van der Waals surface area contributed by atoms with Crippen LogP contribution in [0.25, 0.3) is 0 Å². The number of nitrogens with one attached hydrogen (secondary N) is 2. The molecule has 0 bridgehead atoms. The number of Topliss-reactive ketones (excluding diaryl/α,β-unsaturated/α-hetero) is 1. The van der Waals surface area contributed by atoms with Gasteiger partial charge in [0.05, 0.1) is 4.90 Å². The average Bonchev–Trinajstić information content (AvgIpc) is 2.66. The van der Waals surface area contributed by atoms with Gasteiger partial charge in [-0.05, 0) is 56.7 Å². The number of ketones is 1. The van der Waals surface area contributed by atoms with Gasteiger partial charge in [-0.2, -0.15) is 0 Å². The molecule has 2 aromatic carbocycles. The first-order valence-corrected chi connectivity index (χ1v) is 10.4. The predicted molar refractivity (Wildman–Crippen MR) is 107 cm³/mol. The van der Waals surface area contributed by atoms with Crippen LogP contribution >= 0.6 is 0 Å². The van der Waals surface area contributed by atoms with Crippen molar-refractivity contribution in [1.29, 1.82) is 0 Å². The van der Waals surface area contributed by atoms with E-state index in [1.54, 1.807) is 31.2 Å². The first-order chi connectivity index (χ1) is 13.2. The van der Waals surface area contributed by atoms with Crippen LogP contribution in [0.4, 0.5) is 5.69 Å². The van der Waals surface area contributed by atoms with Crippen molar-refractivity contribution >= 4 is 27.4 Å². The standard InChI is InChI=1S/C20H24N2O5S/c1-4-14(2)22-28(25,26)19-10-8-18(9-11-19)27-13-20(24)21-17-7-5-6-16(12-17)15(3)23/h5-12,14,22H,4,13H2,1-3H3,(H,21,24)/t14-/m1/s1. The summed E-state index contributed by atoms with van der Waals surface area (Å²) in [5, 5.41) is 2.65. The van der Waals surface area contributed by atoms with Crippen LogP contribution in [0.2, 0.25) is 0 Å². The maximum Gasteiger partial charge on any atom is 0.262 e. The molecule has 0 heterocycles. The van der Waals surface area contributed by atoms with Crippen LogP contribution < -0.4 is 14.8 Å². The second-order valence-electron chi connectivity index (χ2n) is 6.38. The molecule has 8 heteroatoms. The van der Waals surface area contributed by atoms with E-state index in [1.165, 1.54) is 31.2 Å². The molecule has 0 aliphatic rings. The third-order valence-electron chi connectivity index (χ3n) is 4.03. The normalized spacial score (nSPS) is 12.2. The van der Waals surface area contributed by atoms with Crippen molar-refractivity contribution in [3.63, 3.8) is 0 Å². The maximum absolute atomic E-state index is 12.2. The Hall–Kier alpha value is -2.71. The summed E-state index contributed by atoms with van der Waals surface area (Å²) in [5.41, 5.74) is 1.00. The summed E-state index contributed by atoms with van der Waals surface area (Å²) >= 11 is 0. The summed E-state index contributed by atoms with van der Waals surface area (Å²) in [5.74, 6) is -0.115. The minimum absolute atomic E-state index is 0.0924. The van der Waals surface area contributed by atoms with Gasteiger partial charge in [-0.1, -0.05) is 19.1 Å². The number of amides is 1. The zero-order chi connectivity index (χ0) is 20.7. The van der Waals surface area contributed by atoms with Crippen molar-refractivity contribution in [3.8, 4) is 5.75 Å². The molecule has 1 atom stereocenters. The van der Waals surface area contributed by atoms with Gasteiger partial charge in [0.2, 0.25) is 10.0 Å². The van der Waals surface area contributed by atoms with Crippen molar-refractivity contribution < 1.29 is 22.7 Å². The molecule has 28 heavy (non-hydrogen) atoms. The monoisotopic (exact) mass is 404 g/mol. The highest BCUT2D eigenvalue weighted by Gasteiger charge is 2.16. The van der Waals surface area contributed by atoms with Crippen LogP contribution in [-0.2, 0) is 14.8 Å². The predicted octanol–water partition coefficient (Wildman–Crippen LogP) is 2.98. The molecular weight excluding hydrogens is 380 g/mol. The van der Waals surface area contributed by atoms with Gasteiger partial charge in [-0.15, -0.1) is 0 Å². The average molecular weight is 404 g/mol. The molecule has 2 rings (SSSR count). The van der Waals surface area contributed by atoms with Crippen LogP contribution in [-0.4, -0.2) is 32.8 Å². The van der Waals surface area contributed by atoms with Crippen molar-refractivity contribution in [3.05, 3.63) is 54.1 Å². The molecule has 1 amide bonds. The van der Waals surface area contributed by atoms with E-state index in [-0.39, 0.29) is 23.3 Å². The van der Waals surface area contributed by atoms with Gasteiger partial charge in [0.15, 0.2) is 12.4 Å². The Morgan fingerprint density at radius 1 is 1.11 bits per heavy atom. The fourth-order valence-electron chi connectivity index (χ4n) is 2.29. The molecule has 0 saturated heterocycles. The minimum atomic E-state index is -3.58. The number of rotatable bonds is 9. The van der Waals surface area contributed by atoms with Crippen LogP contribution in [0.1, 0.15) is 37.6 Å². The highest BCUT2D eigenvalue weighted by molar-refractivity contribution is 7.89. The van der Waals surface area contributed by atoms with E-state index in [9.17, 15) is 18.0 Å². The van der Waals surface area contributed by atoms with Gasteiger partial charge in [-0.25, -0.2) is 13.1 Å². The Bertz CT molecular complexity index is 939. The third kappa shape index (κ3) is 6.17. The summed E-state index contributed by atoms with van der Waals surface area (Å²) in [6, 6.07) is 12.3. The molecule has 0 aliphatic heterocycles. The van der Waals surface area contributed by atoms with E-state index in [2.05, 4.69) is 10.0 Å². The van der Waals surface area contributed by atoms with Crippen LogP contribution in [0.5, 0.6) is 5.75 Å². The van der Waals surface area contributed by atoms with E-state index in [0.717, 1.165) is 0 Å². The lowest BCUT2D eigenvalue weighted by molar-refractivity contribution is -0.118.